The molecular weight excluding hydrogens is 642 g/mol. The van der Waals surface area contributed by atoms with Crippen molar-refractivity contribution in [3.8, 4) is 11.5 Å². The van der Waals surface area contributed by atoms with Crippen LogP contribution < -0.4 is 9.47 Å². The largest absolute Gasteiger partial charge is 0.490 e. The SMILES string of the molecule is C=CC(=O)OCCCCOCC(COc1ccc(C(=O)Oc2ccc(C3CCC(CCC)CC3)cc2C=N)cc1)OC(=O)CCOC(=O)C=C. The molecule has 1 N–H and O–H groups in total. The number of ether oxygens (including phenoxy) is 6. The molecule has 1 saturated carbocycles. The summed E-state index contributed by atoms with van der Waals surface area (Å²) >= 11 is 0. The van der Waals surface area contributed by atoms with E-state index >= 15 is 0 Å². The first-order valence-corrected chi connectivity index (χ1v) is 17.2. The Bertz CT molecular complexity index is 1430. The topological polar surface area (TPSA) is 148 Å². The number of rotatable bonds is 22. The van der Waals surface area contributed by atoms with Crippen LogP contribution in [0.1, 0.15) is 92.1 Å². The average molecular weight is 692 g/mol. The minimum atomic E-state index is -0.783. The molecule has 0 radical (unpaired) electrons. The fourth-order valence-electron chi connectivity index (χ4n) is 5.66. The molecule has 11 heteroatoms. The molecule has 0 spiro atoms. The van der Waals surface area contributed by atoms with E-state index in [0.29, 0.717) is 48.0 Å². The molecule has 1 aliphatic rings. The van der Waals surface area contributed by atoms with Gasteiger partial charge in [0.2, 0.25) is 0 Å². The standard InChI is InChI=1S/C39H49NO10/c1-4-9-28-10-12-29(13-11-28)31-16-19-35(32(24-31)25-40)50-39(44)30-14-17-33(18-15-30)48-27-34(49-38(43)20-23-47-37(42)6-3)26-45-21-7-8-22-46-36(41)5-2/h5-6,14-19,24-25,28-29,34,40H,2-4,7-13,20-23,26-27H2,1H3. The number of nitrogens with one attached hydrogen (secondary N) is 1. The lowest BCUT2D eigenvalue weighted by Gasteiger charge is -2.29. The maximum atomic E-state index is 13.0. The second-order valence-corrected chi connectivity index (χ2v) is 12.1. The van der Waals surface area contributed by atoms with Gasteiger partial charge >= 0.3 is 23.9 Å². The van der Waals surface area contributed by atoms with Gasteiger partial charge in [0.1, 0.15) is 24.7 Å². The molecule has 50 heavy (non-hydrogen) atoms. The molecule has 1 aliphatic carbocycles. The predicted octanol–water partition coefficient (Wildman–Crippen LogP) is 6.91. The van der Waals surface area contributed by atoms with Gasteiger partial charge in [-0.25, -0.2) is 14.4 Å². The van der Waals surface area contributed by atoms with Gasteiger partial charge in [-0.05, 0) is 92.3 Å². The van der Waals surface area contributed by atoms with E-state index in [1.807, 2.05) is 12.1 Å². The zero-order chi connectivity index (χ0) is 36.1. The molecule has 0 saturated heterocycles. The van der Waals surface area contributed by atoms with E-state index in [-0.39, 0.29) is 32.8 Å². The maximum absolute atomic E-state index is 13.0. The highest BCUT2D eigenvalue weighted by molar-refractivity contribution is 5.93. The molecule has 1 atom stereocenters. The zero-order valence-electron chi connectivity index (χ0n) is 28.9. The number of carbonyl (C=O) groups excluding carboxylic acids is 4. The lowest BCUT2D eigenvalue weighted by atomic mass is 9.77. The third-order valence-corrected chi connectivity index (χ3v) is 8.35. The van der Waals surface area contributed by atoms with Crippen molar-refractivity contribution < 1.29 is 47.6 Å². The van der Waals surface area contributed by atoms with Gasteiger partial charge in [0, 0.05) is 30.5 Å². The van der Waals surface area contributed by atoms with Gasteiger partial charge in [0.15, 0.2) is 6.10 Å². The summed E-state index contributed by atoms with van der Waals surface area (Å²) in [6.45, 7) is 9.28. The highest BCUT2D eigenvalue weighted by atomic mass is 16.6. The summed E-state index contributed by atoms with van der Waals surface area (Å²) in [4.78, 5) is 47.8. The Morgan fingerprint density at radius 3 is 2.22 bits per heavy atom. The third-order valence-electron chi connectivity index (χ3n) is 8.35. The number of hydrogen-bond acceptors (Lipinski definition) is 11. The zero-order valence-corrected chi connectivity index (χ0v) is 28.9. The third kappa shape index (κ3) is 14.0. The number of carbonyl (C=O) groups is 4. The molecule has 1 unspecified atom stereocenters. The van der Waals surface area contributed by atoms with E-state index in [4.69, 9.17) is 33.8 Å². The minimum absolute atomic E-state index is 0.0311. The summed E-state index contributed by atoms with van der Waals surface area (Å²) in [5.41, 5.74) is 2.03. The Kier molecular flexibility index (Phi) is 17.5. The van der Waals surface area contributed by atoms with Gasteiger partial charge in [-0.1, -0.05) is 39.0 Å². The van der Waals surface area contributed by atoms with Crippen LogP contribution in [0.15, 0.2) is 67.8 Å². The molecule has 0 amide bonds. The summed E-state index contributed by atoms with van der Waals surface area (Å²) in [5.74, 6) is -0.295. The number of unbranched alkanes of at least 4 members (excludes halogenated alkanes) is 1. The molecule has 1 fully saturated rings. The van der Waals surface area contributed by atoms with Gasteiger partial charge < -0.3 is 33.8 Å². The fraction of sp³-hybridized carbons (Fsp3) is 0.462. The van der Waals surface area contributed by atoms with Crippen molar-refractivity contribution in [1.29, 1.82) is 5.41 Å². The number of hydrogen-bond donors (Lipinski definition) is 1. The summed E-state index contributed by atoms with van der Waals surface area (Å²) in [7, 11) is 0. The second-order valence-electron chi connectivity index (χ2n) is 12.1. The predicted molar refractivity (Wildman–Crippen MR) is 188 cm³/mol. The first kappa shape index (κ1) is 39.7. The van der Waals surface area contributed by atoms with Crippen LogP contribution in [0, 0.1) is 11.3 Å². The summed E-state index contributed by atoms with van der Waals surface area (Å²) < 4.78 is 32.5. The Morgan fingerprint density at radius 2 is 1.56 bits per heavy atom. The van der Waals surface area contributed by atoms with E-state index in [0.717, 1.165) is 30.9 Å². The first-order valence-electron chi connectivity index (χ1n) is 17.2. The Hall–Kier alpha value is -4.77. The van der Waals surface area contributed by atoms with Gasteiger partial charge in [0.05, 0.1) is 25.2 Å². The van der Waals surface area contributed by atoms with Gasteiger partial charge in [0.25, 0.3) is 0 Å². The monoisotopic (exact) mass is 691 g/mol. The Balaban J connectivity index is 1.52. The molecule has 2 aromatic carbocycles. The average Bonchev–Trinajstić information content (AvgIpc) is 3.13. The number of benzene rings is 2. The molecule has 11 nitrogen and oxygen atoms in total. The molecule has 0 aromatic heterocycles. The fourth-order valence-corrected chi connectivity index (χ4v) is 5.66. The van der Waals surface area contributed by atoms with Crippen LogP contribution in [0.5, 0.6) is 11.5 Å². The van der Waals surface area contributed by atoms with Gasteiger partial charge in [-0.15, -0.1) is 0 Å². The summed E-state index contributed by atoms with van der Waals surface area (Å²) in [6, 6.07) is 12.1. The van der Waals surface area contributed by atoms with Crippen molar-refractivity contribution in [3.63, 3.8) is 0 Å². The lowest BCUT2D eigenvalue weighted by Crippen LogP contribution is -2.30. The smallest absolute Gasteiger partial charge is 0.343 e. The van der Waals surface area contributed by atoms with Crippen LogP contribution in [0.2, 0.25) is 0 Å². The van der Waals surface area contributed by atoms with Crippen LogP contribution >= 0.6 is 0 Å². The van der Waals surface area contributed by atoms with Crippen molar-refractivity contribution in [1.82, 2.24) is 0 Å². The van der Waals surface area contributed by atoms with Crippen molar-refractivity contribution in [2.45, 2.75) is 76.7 Å². The number of esters is 4. The molecule has 0 aliphatic heterocycles. The van der Waals surface area contributed by atoms with Crippen LogP contribution in [0.25, 0.3) is 0 Å². The van der Waals surface area contributed by atoms with E-state index < -0.39 is 30.0 Å². The molecule has 270 valence electrons. The molecule has 0 heterocycles. The Labute approximate surface area is 294 Å². The maximum Gasteiger partial charge on any atom is 0.343 e. The Morgan fingerprint density at radius 1 is 0.880 bits per heavy atom. The van der Waals surface area contributed by atoms with E-state index in [1.165, 1.54) is 37.5 Å². The van der Waals surface area contributed by atoms with Gasteiger partial charge in [-0.2, -0.15) is 0 Å². The normalized spacial score (nSPS) is 15.9. The van der Waals surface area contributed by atoms with Crippen LogP contribution in [0.4, 0.5) is 0 Å². The first-order chi connectivity index (χ1) is 24.3. The van der Waals surface area contributed by atoms with Crippen molar-refractivity contribution >= 4 is 30.1 Å². The van der Waals surface area contributed by atoms with Crippen molar-refractivity contribution in [3.05, 3.63) is 84.5 Å². The van der Waals surface area contributed by atoms with Crippen molar-refractivity contribution in [2.75, 3.05) is 33.0 Å². The molecule has 0 bridgehead atoms. The lowest BCUT2D eigenvalue weighted by molar-refractivity contribution is -0.156. The van der Waals surface area contributed by atoms with Crippen LogP contribution in [-0.4, -0.2) is 69.2 Å². The minimum Gasteiger partial charge on any atom is -0.490 e. The molecule has 2 aromatic rings. The summed E-state index contributed by atoms with van der Waals surface area (Å²) in [6.07, 6.45) is 10.8. The quantitative estimate of drug-likeness (QED) is 0.0345. The highest BCUT2D eigenvalue weighted by Gasteiger charge is 2.23. The molecule has 3 rings (SSSR count). The van der Waals surface area contributed by atoms with Crippen LogP contribution in [-0.2, 0) is 33.3 Å². The molecular formula is C39H49NO10. The summed E-state index contributed by atoms with van der Waals surface area (Å²) in [5, 5.41) is 7.93. The van der Waals surface area contributed by atoms with E-state index in [2.05, 4.69) is 20.1 Å². The van der Waals surface area contributed by atoms with Crippen LogP contribution in [0.3, 0.4) is 0 Å². The van der Waals surface area contributed by atoms with Crippen molar-refractivity contribution in [2.24, 2.45) is 5.92 Å². The highest BCUT2D eigenvalue weighted by Crippen LogP contribution is 2.38. The van der Waals surface area contributed by atoms with E-state index in [9.17, 15) is 19.2 Å². The van der Waals surface area contributed by atoms with E-state index in [1.54, 1.807) is 30.3 Å². The van der Waals surface area contributed by atoms with Gasteiger partial charge in [-0.3, -0.25) is 4.79 Å². The second kappa shape index (κ2) is 22.0.